The van der Waals surface area contributed by atoms with Gasteiger partial charge in [-0.05, 0) is 78.4 Å². The number of halogens is 2. The highest BCUT2D eigenvalue weighted by Crippen LogP contribution is 2.32. The van der Waals surface area contributed by atoms with E-state index in [1.807, 2.05) is 66.7 Å². The van der Waals surface area contributed by atoms with E-state index in [1.54, 1.807) is 0 Å². The smallest absolute Gasteiger partial charge is 0.339 e. The summed E-state index contributed by atoms with van der Waals surface area (Å²) in [6.45, 7) is -0.338. The monoisotopic (exact) mass is 547 g/mol. The molecule has 0 radical (unpaired) electrons. The third-order valence-corrected chi connectivity index (χ3v) is 6.66. The predicted molar refractivity (Wildman–Crippen MR) is 149 cm³/mol. The molecule has 0 saturated heterocycles. The molecule has 200 valence electrons. The van der Waals surface area contributed by atoms with Gasteiger partial charge in [0.2, 0.25) is 6.86 Å². The van der Waals surface area contributed by atoms with E-state index < -0.39 is 18.9 Å². The number of fused-ring (bicyclic) bond motifs is 1. The molecule has 0 amide bonds. The fourth-order valence-corrected chi connectivity index (χ4v) is 4.31. The van der Waals surface area contributed by atoms with Crippen LogP contribution in [0.15, 0.2) is 72.8 Å². The number of benzene rings is 3. The molecule has 4 aromatic rings. The second-order valence-electron chi connectivity index (χ2n) is 9.37. The first-order valence-electron chi connectivity index (χ1n) is 12.6. The lowest BCUT2D eigenvalue weighted by atomic mass is 10.1. The van der Waals surface area contributed by atoms with Gasteiger partial charge in [0, 0.05) is 10.4 Å². The zero-order chi connectivity index (χ0) is 27.2. The Balaban J connectivity index is 1.34. The van der Waals surface area contributed by atoms with Gasteiger partial charge < -0.3 is 19.3 Å². The van der Waals surface area contributed by atoms with Crippen molar-refractivity contribution in [3.63, 3.8) is 0 Å². The maximum absolute atomic E-state index is 12.5. The lowest BCUT2D eigenvalue weighted by Gasteiger charge is -2.20. The summed E-state index contributed by atoms with van der Waals surface area (Å²) >= 11 is 6.12. The molecule has 1 N–H and O–H groups in total. The van der Waals surface area contributed by atoms with Crippen molar-refractivity contribution >= 4 is 40.6 Å². The van der Waals surface area contributed by atoms with E-state index in [0.717, 1.165) is 40.6 Å². The number of hydrogen-bond acceptors (Lipinski definition) is 5. The SMILES string of the molecule is O=C(O)c1cc(OCF)ccc1OC[C@@H](OCC1CC1)c1cccc(/C=C/c2ccc3ccc(Cl)cc3n2)c1. The second-order valence-corrected chi connectivity index (χ2v) is 9.81. The summed E-state index contributed by atoms with van der Waals surface area (Å²) in [4.78, 5) is 16.4. The van der Waals surface area contributed by atoms with E-state index in [-0.39, 0.29) is 23.7 Å². The summed E-state index contributed by atoms with van der Waals surface area (Å²) in [7, 11) is 0. The Morgan fingerprint density at radius 2 is 1.90 bits per heavy atom. The number of rotatable bonds is 12. The highest BCUT2D eigenvalue weighted by molar-refractivity contribution is 6.31. The van der Waals surface area contributed by atoms with Gasteiger partial charge in [-0.1, -0.05) is 48.0 Å². The largest absolute Gasteiger partial charge is 0.490 e. The average Bonchev–Trinajstić information content (AvgIpc) is 3.77. The topological polar surface area (TPSA) is 77.9 Å². The average molecular weight is 548 g/mol. The lowest BCUT2D eigenvalue weighted by Crippen LogP contribution is -2.16. The predicted octanol–water partition coefficient (Wildman–Crippen LogP) is 7.61. The molecule has 1 aliphatic carbocycles. The van der Waals surface area contributed by atoms with Gasteiger partial charge in [0.15, 0.2) is 0 Å². The molecule has 39 heavy (non-hydrogen) atoms. The number of pyridine rings is 1. The number of ether oxygens (including phenoxy) is 3. The summed E-state index contributed by atoms with van der Waals surface area (Å²) in [5.74, 6) is -0.379. The first-order valence-corrected chi connectivity index (χ1v) is 13.0. The highest BCUT2D eigenvalue weighted by atomic mass is 35.5. The molecule has 0 aliphatic heterocycles. The Kier molecular flexibility index (Phi) is 8.39. The molecule has 3 aromatic carbocycles. The number of nitrogens with zero attached hydrogens (tertiary/aromatic N) is 1. The fraction of sp³-hybridized carbons (Fsp3) is 0.226. The summed E-state index contributed by atoms with van der Waals surface area (Å²) < 4.78 is 29.5. The van der Waals surface area contributed by atoms with E-state index in [9.17, 15) is 14.3 Å². The third-order valence-electron chi connectivity index (χ3n) is 6.43. The number of aromatic nitrogens is 1. The van der Waals surface area contributed by atoms with Gasteiger partial charge in [0.1, 0.15) is 29.8 Å². The van der Waals surface area contributed by atoms with Crippen LogP contribution in [0.1, 0.15) is 46.1 Å². The van der Waals surface area contributed by atoms with Crippen molar-refractivity contribution in [2.45, 2.75) is 18.9 Å². The molecule has 0 spiro atoms. The van der Waals surface area contributed by atoms with Crippen molar-refractivity contribution in [2.24, 2.45) is 5.92 Å². The number of carboxylic acids is 1. The van der Waals surface area contributed by atoms with Crippen LogP contribution in [0.5, 0.6) is 11.5 Å². The minimum atomic E-state index is -1.19. The van der Waals surface area contributed by atoms with Crippen molar-refractivity contribution < 1.29 is 28.5 Å². The summed E-state index contributed by atoms with van der Waals surface area (Å²) in [5.41, 5.74) is 3.39. The zero-order valence-corrected chi connectivity index (χ0v) is 21.8. The van der Waals surface area contributed by atoms with Crippen LogP contribution in [-0.4, -0.2) is 36.1 Å². The molecule has 0 unspecified atom stereocenters. The Labute approximate surface area is 230 Å². The Hall–Kier alpha value is -3.94. The van der Waals surface area contributed by atoms with Crippen molar-refractivity contribution in [3.05, 3.63) is 100 Å². The Morgan fingerprint density at radius 3 is 2.69 bits per heavy atom. The normalized spacial score (nSPS) is 14.0. The van der Waals surface area contributed by atoms with E-state index in [4.69, 9.17) is 25.8 Å². The number of alkyl halides is 1. The van der Waals surface area contributed by atoms with Crippen LogP contribution in [0.2, 0.25) is 5.02 Å². The molecule has 8 heteroatoms. The Morgan fingerprint density at radius 1 is 1.05 bits per heavy atom. The molecule has 1 heterocycles. The molecule has 1 fully saturated rings. The first-order chi connectivity index (χ1) is 19.0. The Bertz CT molecular complexity index is 1500. The number of carboxylic acid groups (broad SMARTS) is 1. The van der Waals surface area contributed by atoms with Crippen LogP contribution in [-0.2, 0) is 4.74 Å². The van der Waals surface area contributed by atoms with Gasteiger partial charge in [-0.2, -0.15) is 0 Å². The molecule has 0 bridgehead atoms. The first kappa shape index (κ1) is 26.7. The number of hydrogen-bond donors (Lipinski definition) is 1. The van der Waals surface area contributed by atoms with E-state index >= 15 is 0 Å². The summed E-state index contributed by atoms with van der Waals surface area (Å²) in [5, 5.41) is 11.3. The van der Waals surface area contributed by atoms with Gasteiger partial charge in [-0.3, -0.25) is 0 Å². The maximum Gasteiger partial charge on any atom is 0.339 e. The van der Waals surface area contributed by atoms with Crippen LogP contribution in [0.3, 0.4) is 0 Å². The van der Waals surface area contributed by atoms with Crippen LogP contribution in [0.25, 0.3) is 23.1 Å². The zero-order valence-electron chi connectivity index (χ0n) is 21.1. The van der Waals surface area contributed by atoms with Gasteiger partial charge in [-0.25, -0.2) is 14.2 Å². The van der Waals surface area contributed by atoms with E-state index in [0.29, 0.717) is 17.5 Å². The maximum atomic E-state index is 12.5. The van der Waals surface area contributed by atoms with Crippen molar-refractivity contribution in [1.29, 1.82) is 0 Å². The van der Waals surface area contributed by atoms with E-state index in [1.165, 1.54) is 18.2 Å². The molecule has 6 nitrogen and oxygen atoms in total. The van der Waals surface area contributed by atoms with Crippen LogP contribution in [0, 0.1) is 5.92 Å². The molecule has 5 rings (SSSR count). The molecule has 1 saturated carbocycles. The quantitative estimate of drug-likeness (QED) is 0.197. The highest BCUT2D eigenvalue weighted by Gasteiger charge is 2.25. The van der Waals surface area contributed by atoms with E-state index in [2.05, 4.69) is 4.98 Å². The minimum Gasteiger partial charge on any atom is -0.490 e. The van der Waals surface area contributed by atoms with Crippen LogP contribution < -0.4 is 9.47 Å². The molecule has 1 aliphatic rings. The summed E-state index contributed by atoms with van der Waals surface area (Å²) in [6.07, 6.45) is 5.78. The summed E-state index contributed by atoms with van der Waals surface area (Å²) in [6, 6.07) is 21.7. The van der Waals surface area contributed by atoms with Crippen molar-refractivity contribution in [2.75, 3.05) is 20.1 Å². The van der Waals surface area contributed by atoms with Gasteiger partial charge in [0.25, 0.3) is 0 Å². The minimum absolute atomic E-state index is 0.108. The second kappa shape index (κ2) is 12.3. The van der Waals surface area contributed by atoms with Gasteiger partial charge in [-0.15, -0.1) is 0 Å². The third kappa shape index (κ3) is 7.13. The standard InChI is InChI=1S/C31H27ClFNO5/c32-24-9-7-22-8-11-25(34-28(22)15-24)10-6-20-2-1-3-23(14-20)30(37-17-21-4-5-21)18-38-29-13-12-26(39-19-33)16-27(29)31(35)36/h1-3,6-16,21,30H,4-5,17-19H2,(H,35,36)/b10-6+/t30-/m1/s1. The molecule has 1 aromatic heterocycles. The molecular formula is C31H27ClFNO5. The number of aromatic carboxylic acids is 1. The van der Waals surface area contributed by atoms with Gasteiger partial charge >= 0.3 is 5.97 Å². The fourth-order valence-electron chi connectivity index (χ4n) is 4.14. The molecular weight excluding hydrogens is 521 g/mol. The molecule has 1 atom stereocenters. The van der Waals surface area contributed by atoms with Crippen LogP contribution in [0.4, 0.5) is 4.39 Å². The van der Waals surface area contributed by atoms with Crippen LogP contribution >= 0.6 is 11.6 Å². The van der Waals surface area contributed by atoms with Crippen molar-refractivity contribution in [3.8, 4) is 11.5 Å². The number of carbonyl (C=O) groups is 1. The lowest BCUT2D eigenvalue weighted by molar-refractivity contribution is 0.0128. The van der Waals surface area contributed by atoms with Crippen molar-refractivity contribution in [1.82, 2.24) is 4.98 Å². The van der Waals surface area contributed by atoms with Gasteiger partial charge in [0.05, 0.1) is 17.8 Å².